The molecule has 4 aliphatic carbocycles. The molecule has 4 saturated carbocycles. The van der Waals surface area contributed by atoms with E-state index >= 15 is 0 Å². The number of aliphatic hydroxyl groups excluding tert-OH is 1. The van der Waals surface area contributed by atoms with Crippen LogP contribution in [0.1, 0.15) is 131 Å². The molecule has 32 heavy (non-hydrogen) atoms. The highest BCUT2D eigenvalue weighted by Crippen LogP contribution is 2.69. The van der Waals surface area contributed by atoms with Gasteiger partial charge in [0.25, 0.3) is 0 Å². The molecule has 186 valence electrons. The molecular formula is C31H56O. The summed E-state index contributed by atoms with van der Waals surface area (Å²) in [4.78, 5) is 0. The Morgan fingerprint density at radius 1 is 0.875 bits per heavy atom. The molecule has 10 atom stereocenters. The Kier molecular flexibility index (Phi) is 7.76. The van der Waals surface area contributed by atoms with Gasteiger partial charge in [-0.2, -0.15) is 0 Å². The predicted molar refractivity (Wildman–Crippen MR) is 137 cm³/mol. The van der Waals surface area contributed by atoms with Crippen LogP contribution in [0.25, 0.3) is 0 Å². The van der Waals surface area contributed by atoms with E-state index in [1.165, 1.54) is 83.5 Å². The van der Waals surface area contributed by atoms with Gasteiger partial charge in [-0.05, 0) is 116 Å². The zero-order valence-corrected chi connectivity index (χ0v) is 22.5. The summed E-state index contributed by atoms with van der Waals surface area (Å²) in [6.45, 7) is 15.1. The molecule has 0 radical (unpaired) electrons. The zero-order chi connectivity index (χ0) is 23.1. The third kappa shape index (κ3) is 4.47. The van der Waals surface area contributed by atoms with Crippen LogP contribution in [0.4, 0.5) is 0 Å². The van der Waals surface area contributed by atoms with Gasteiger partial charge >= 0.3 is 0 Å². The third-order valence-electron chi connectivity index (χ3n) is 12.0. The molecule has 0 amide bonds. The van der Waals surface area contributed by atoms with Crippen LogP contribution in [-0.4, -0.2) is 11.2 Å². The Hall–Kier alpha value is -0.0400. The summed E-state index contributed by atoms with van der Waals surface area (Å²) in [6.07, 6.45) is 19.4. The highest BCUT2D eigenvalue weighted by Gasteiger charge is 2.61. The molecule has 1 nitrogen and oxygen atoms in total. The van der Waals surface area contributed by atoms with Crippen molar-refractivity contribution in [3.8, 4) is 0 Å². The van der Waals surface area contributed by atoms with Crippen LogP contribution in [0.3, 0.4) is 0 Å². The maximum Gasteiger partial charge on any atom is 0.0571 e. The maximum atomic E-state index is 10.9. The first kappa shape index (κ1) is 25.1. The van der Waals surface area contributed by atoms with E-state index in [-0.39, 0.29) is 6.10 Å². The molecule has 4 aliphatic rings. The standard InChI is InChI=1S/C31H56O/c1-7-8-12-23-20-31(6)24(19-29(23)32)13-14-25-27-16-15-26(22(4)11-9-10-21(2)3)30(27,5)18-17-28(25)31/h21-29,32H,7-20H2,1-6H3/t22-,23?,24?,25+,26-,27+,28+,29?,30-,31+/m1/s1. The smallest absolute Gasteiger partial charge is 0.0571 e. The van der Waals surface area contributed by atoms with E-state index in [0.29, 0.717) is 16.7 Å². The van der Waals surface area contributed by atoms with E-state index in [1.807, 2.05) is 0 Å². The van der Waals surface area contributed by atoms with Gasteiger partial charge in [0.1, 0.15) is 0 Å². The predicted octanol–water partition coefficient (Wildman–Crippen LogP) is 8.88. The van der Waals surface area contributed by atoms with E-state index < -0.39 is 0 Å². The van der Waals surface area contributed by atoms with E-state index in [4.69, 9.17) is 0 Å². The van der Waals surface area contributed by atoms with Crippen molar-refractivity contribution in [1.82, 2.24) is 0 Å². The molecule has 3 unspecified atom stereocenters. The highest BCUT2D eigenvalue weighted by molar-refractivity contribution is 5.10. The summed E-state index contributed by atoms with van der Waals surface area (Å²) >= 11 is 0. The summed E-state index contributed by atoms with van der Waals surface area (Å²) < 4.78 is 0. The van der Waals surface area contributed by atoms with Crippen LogP contribution in [0.2, 0.25) is 0 Å². The Morgan fingerprint density at radius 2 is 1.62 bits per heavy atom. The minimum atomic E-state index is -0.0208. The van der Waals surface area contributed by atoms with E-state index in [2.05, 4.69) is 41.5 Å². The fourth-order valence-corrected chi connectivity index (χ4v) is 10.2. The lowest BCUT2D eigenvalue weighted by Crippen LogP contribution is -2.55. The molecule has 0 aromatic rings. The molecule has 0 spiro atoms. The van der Waals surface area contributed by atoms with E-state index in [0.717, 1.165) is 47.8 Å². The Morgan fingerprint density at radius 3 is 2.34 bits per heavy atom. The van der Waals surface area contributed by atoms with Crippen LogP contribution < -0.4 is 0 Å². The summed E-state index contributed by atoms with van der Waals surface area (Å²) in [5.74, 6) is 6.99. The number of aliphatic hydroxyl groups is 1. The van der Waals surface area contributed by atoms with Crippen molar-refractivity contribution in [2.24, 2.45) is 58.2 Å². The van der Waals surface area contributed by atoms with Crippen molar-refractivity contribution < 1.29 is 5.11 Å². The molecule has 0 aromatic carbocycles. The lowest BCUT2D eigenvalue weighted by atomic mass is 9.43. The number of unbranched alkanes of at least 4 members (excludes halogenated alkanes) is 1. The Labute approximate surface area is 200 Å². The van der Waals surface area contributed by atoms with Crippen LogP contribution in [0.5, 0.6) is 0 Å². The van der Waals surface area contributed by atoms with Crippen molar-refractivity contribution in [1.29, 1.82) is 0 Å². The van der Waals surface area contributed by atoms with Crippen LogP contribution in [0.15, 0.2) is 0 Å². The van der Waals surface area contributed by atoms with Crippen molar-refractivity contribution >= 4 is 0 Å². The van der Waals surface area contributed by atoms with Gasteiger partial charge in [0.05, 0.1) is 6.10 Å². The largest absolute Gasteiger partial charge is 0.393 e. The van der Waals surface area contributed by atoms with Gasteiger partial charge in [-0.25, -0.2) is 0 Å². The second-order valence-corrected chi connectivity index (χ2v) is 14.1. The second-order valence-electron chi connectivity index (χ2n) is 14.1. The van der Waals surface area contributed by atoms with Gasteiger partial charge in [-0.1, -0.05) is 73.6 Å². The fourth-order valence-electron chi connectivity index (χ4n) is 10.2. The van der Waals surface area contributed by atoms with Crippen molar-refractivity contribution in [2.45, 2.75) is 138 Å². The molecule has 1 heteroatoms. The molecule has 0 bridgehead atoms. The summed E-state index contributed by atoms with van der Waals surface area (Å²) in [5.41, 5.74) is 1.11. The van der Waals surface area contributed by atoms with E-state index in [9.17, 15) is 5.11 Å². The van der Waals surface area contributed by atoms with Gasteiger partial charge in [0, 0.05) is 0 Å². The fraction of sp³-hybridized carbons (Fsp3) is 1.00. The first-order valence-corrected chi connectivity index (χ1v) is 14.9. The average molecular weight is 445 g/mol. The molecule has 0 heterocycles. The monoisotopic (exact) mass is 444 g/mol. The SMILES string of the molecule is CCCCC1C[C@@]2(C)C(CC[C@H]3[C@@H]4CC[C@H]([C@H](C)CCCC(C)C)[C@@]4(C)CC[C@@H]32)CC1O. The van der Waals surface area contributed by atoms with Gasteiger partial charge in [0.15, 0.2) is 0 Å². The topological polar surface area (TPSA) is 20.2 Å². The van der Waals surface area contributed by atoms with Crippen molar-refractivity contribution in [2.75, 3.05) is 0 Å². The maximum absolute atomic E-state index is 10.9. The normalized spacial score (nSPS) is 47.1. The minimum absolute atomic E-state index is 0.0208. The first-order valence-electron chi connectivity index (χ1n) is 14.9. The number of fused-ring (bicyclic) bond motifs is 5. The van der Waals surface area contributed by atoms with Crippen LogP contribution in [-0.2, 0) is 0 Å². The summed E-state index contributed by atoms with van der Waals surface area (Å²) in [5, 5.41) is 10.9. The highest BCUT2D eigenvalue weighted by atomic mass is 16.3. The molecule has 0 aliphatic heterocycles. The van der Waals surface area contributed by atoms with Gasteiger partial charge < -0.3 is 5.11 Å². The van der Waals surface area contributed by atoms with Gasteiger partial charge in [-0.15, -0.1) is 0 Å². The van der Waals surface area contributed by atoms with Gasteiger partial charge in [0.2, 0.25) is 0 Å². The summed E-state index contributed by atoms with van der Waals surface area (Å²) in [6, 6.07) is 0. The molecular weight excluding hydrogens is 388 g/mol. The summed E-state index contributed by atoms with van der Waals surface area (Å²) in [7, 11) is 0. The lowest BCUT2D eigenvalue weighted by molar-refractivity contribution is -0.145. The first-order chi connectivity index (χ1) is 15.2. The molecule has 1 N–H and O–H groups in total. The van der Waals surface area contributed by atoms with Gasteiger partial charge in [-0.3, -0.25) is 0 Å². The minimum Gasteiger partial charge on any atom is -0.393 e. The Bertz CT molecular complexity index is 612. The number of hydrogen-bond acceptors (Lipinski definition) is 1. The molecule has 4 rings (SSSR count). The Balaban J connectivity index is 1.46. The van der Waals surface area contributed by atoms with E-state index in [1.54, 1.807) is 0 Å². The third-order valence-corrected chi connectivity index (χ3v) is 12.0. The molecule has 4 fully saturated rings. The zero-order valence-electron chi connectivity index (χ0n) is 22.5. The quantitative estimate of drug-likeness (QED) is 0.396. The molecule has 0 aromatic heterocycles. The van der Waals surface area contributed by atoms with Crippen molar-refractivity contribution in [3.05, 3.63) is 0 Å². The average Bonchev–Trinajstić information content (AvgIpc) is 3.09. The van der Waals surface area contributed by atoms with Crippen LogP contribution >= 0.6 is 0 Å². The number of rotatable bonds is 8. The number of hydrogen-bond donors (Lipinski definition) is 1. The molecule has 0 saturated heterocycles. The lowest BCUT2D eigenvalue weighted by Gasteiger charge is -2.62. The second kappa shape index (κ2) is 9.91. The van der Waals surface area contributed by atoms with Crippen LogP contribution in [0, 0.1) is 58.2 Å². The van der Waals surface area contributed by atoms with Crippen molar-refractivity contribution in [3.63, 3.8) is 0 Å².